The Morgan fingerprint density at radius 3 is 2.74 bits per heavy atom. The van der Waals surface area contributed by atoms with E-state index >= 15 is 0 Å². The molecular weight excluding hydrogens is 240 g/mol. The molecule has 1 saturated heterocycles. The number of carbonyl (C=O) groups excluding carboxylic acids is 1. The van der Waals surface area contributed by atoms with Gasteiger partial charge in [-0.15, -0.1) is 0 Å². The van der Waals surface area contributed by atoms with Crippen LogP contribution in [-0.4, -0.2) is 30.5 Å². The second-order valence-corrected chi connectivity index (χ2v) is 4.68. The molecule has 1 aromatic carbocycles. The molecule has 19 heavy (non-hydrogen) atoms. The Hall–Kier alpha value is -2.02. The number of ether oxygens (including phenoxy) is 1. The number of rotatable bonds is 5. The molecule has 1 aromatic rings. The molecule has 0 atom stereocenters. The summed E-state index contributed by atoms with van der Waals surface area (Å²) in [5, 5.41) is 8.68. The topological polar surface area (TPSA) is 53.3 Å². The maximum absolute atomic E-state index is 11.6. The first-order valence-corrected chi connectivity index (χ1v) is 6.70. The molecule has 4 heteroatoms. The Kier molecular flexibility index (Phi) is 4.79. The summed E-state index contributed by atoms with van der Waals surface area (Å²) in [4.78, 5) is 13.5. The van der Waals surface area contributed by atoms with Gasteiger partial charge in [0.05, 0.1) is 18.2 Å². The number of carbonyl (C=O) groups is 1. The molecule has 0 N–H and O–H groups in total. The standard InChI is InChI=1S/C15H18N2O2/c16-12-13-5-7-14(8-6-13)19-11-3-10-17-9-2-1-4-15(17)18/h5-8H,1-4,9-11H2. The van der Waals surface area contributed by atoms with Crippen LogP contribution in [0.25, 0.3) is 0 Å². The maximum atomic E-state index is 11.6. The first kappa shape index (κ1) is 13.4. The van der Waals surface area contributed by atoms with E-state index in [1.807, 2.05) is 4.90 Å². The summed E-state index contributed by atoms with van der Waals surface area (Å²) in [6, 6.07) is 9.14. The minimum absolute atomic E-state index is 0.268. The zero-order valence-corrected chi connectivity index (χ0v) is 11.0. The van der Waals surface area contributed by atoms with Crippen LogP contribution in [0.5, 0.6) is 5.75 Å². The van der Waals surface area contributed by atoms with E-state index in [1.54, 1.807) is 24.3 Å². The van der Waals surface area contributed by atoms with Gasteiger partial charge in [0.25, 0.3) is 0 Å². The first-order chi connectivity index (χ1) is 9.29. The Morgan fingerprint density at radius 2 is 2.05 bits per heavy atom. The van der Waals surface area contributed by atoms with Crippen molar-refractivity contribution in [1.29, 1.82) is 5.26 Å². The fourth-order valence-corrected chi connectivity index (χ4v) is 2.17. The molecular formula is C15H18N2O2. The second-order valence-electron chi connectivity index (χ2n) is 4.68. The van der Waals surface area contributed by atoms with Crippen molar-refractivity contribution in [2.45, 2.75) is 25.7 Å². The third-order valence-corrected chi connectivity index (χ3v) is 3.25. The lowest BCUT2D eigenvalue weighted by Gasteiger charge is -2.26. The van der Waals surface area contributed by atoms with E-state index in [4.69, 9.17) is 10.00 Å². The van der Waals surface area contributed by atoms with Crippen LogP contribution in [0.4, 0.5) is 0 Å². The largest absolute Gasteiger partial charge is 0.494 e. The molecule has 0 spiro atoms. The summed E-state index contributed by atoms with van der Waals surface area (Å²) >= 11 is 0. The Labute approximate surface area is 113 Å². The third kappa shape index (κ3) is 3.99. The number of nitriles is 1. The van der Waals surface area contributed by atoms with Gasteiger partial charge in [0.15, 0.2) is 0 Å². The fraction of sp³-hybridized carbons (Fsp3) is 0.467. The van der Waals surface area contributed by atoms with E-state index in [-0.39, 0.29) is 5.91 Å². The van der Waals surface area contributed by atoms with Gasteiger partial charge in [-0.2, -0.15) is 5.26 Å². The van der Waals surface area contributed by atoms with Crippen molar-refractivity contribution in [3.63, 3.8) is 0 Å². The molecule has 100 valence electrons. The van der Waals surface area contributed by atoms with Crippen LogP contribution in [0, 0.1) is 11.3 Å². The van der Waals surface area contributed by atoms with Crippen LogP contribution < -0.4 is 4.74 Å². The number of hydrogen-bond acceptors (Lipinski definition) is 3. The quantitative estimate of drug-likeness (QED) is 0.762. The average molecular weight is 258 g/mol. The van der Waals surface area contributed by atoms with Crippen molar-refractivity contribution in [2.24, 2.45) is 0 Å². The van der Waals surface area contributed by atoms with Gasteiger partial charge in [-0.1, -0.05) is 0 Å². The van der Waals surface area contributed by atoms with E-state index < -0.39 is 0 Å². The molecule has 1 fully saturated rings. The predicted octanol–water partition coefficient (Wildman–Crippen LogP) is 2.34. The molecule has 0 saturated carbocycles. The third-order valence-electron chi connectivity index (χ3n) is 3.25. The van der Waals surface area contributed by atoms with Gasteiger partial charge in [-0.05, 0) is 43.5 Å². The predicted molar refractivity (Wildman–Crippen MR) is 71.7 cm³/mol. The Morgan fingerprint density at radius 1 is 1.26 bits per heavy atom. The average Bonchev–Trinajstić information content (AvgIpc) is 2.46. The summed E-state index contributed by atoms with van der Waals surface area (Å²) < 4.78 is 5.58. The van der Waals surface area contributed by atoms with E-state index in [0.717, 1.165) is 38.1 Å². The van der Waals surface area contributed by atoms with E-state index in [1.165, 1.54) is 0 Å². The number of amides is 1. The monoisotopic (exact) mass is 258 g/mol. The zero-order chi connectivity index (χ0) is 13.5. The van der Waals surface area contributed by atoms with Gasteiger partial charge in [-0.25, -0.2) is 0 Å². The summed E-state index contributed by atoms with van der Waals surface area (Å²) in [5.74, 6) is 1.04. The molecule has 1 aliphatic heterocycles. The molecule has 0 unspecified atom stereocenters. The van der Waals surface area contributed by atoms with E-state index in [0.29, 0.717) is 18.6 Å². The lowest BCUT2D eigenvalue weighted by molar-refractivity contribution is -0.133. The van der Waals surface area contributed by atoms with Crippen LogP contribution in [-0.2, 0) is 4.79 Å². The lowest BCUT2D eigenvalue weighted by Crippen LogP contribution is -2.36. The number of likely N-dealkylation sites (tertiary alicyclic amines) is 1. The molecule has 0 aliphatic carbocycles. The minimum Gasteiger partial charge on any atom is -0.494 e. The van der Waals surface area contributed by atoms with E-state index in [2.05, 4.69) is 6.07 Å². The minimum atomic E-state index is 0.268. The van der Waals surface area contributed by atoms with Crippen molar-refractivity contribution in [1.82, 2.24) is 4.90 Å². The summed E-state index contributed by atoms with van der Waals surface area (Å²) in [6.07, 6.45) is 3.67. The molecule has 1 amide bonds. The number of benzene rings is 1. The van der Waals surface area contributed by atoms with Crippen LogP contribution >= 0.6 is 0 Å². The van der Waals surface area contributed by atoms with Crippen molar-refractivity contribution >= 4 is 5.91 Å². The summed E-state index contributed by atoms with van der Waals surface area (Å²) in [6.45, 7) is 2.25. The molecule has 0 radical (unpaired) electrons. The smallest absolute Gasteiger partial charge is 0.222 e. The van der Waals surface area contributed by atoms with Crippen molar-refractivity contribution in [3.05, 3.63) is 29.8 Å². The summed E-state index contributed by atoms with van der Waals surface area (Å²) in [5.41, 5.74) is 0.631. The number of piperidine rings is 1. The van der Waals surface area contributed by atoms with Crippen LogP contribution in [0.15, 0.2) is 24.3 Å². The number of hydrogen-bond donors (Lipinski definition) is 0. The van der Waals surface area contributed by atoms with Gasteiger partial charge >= 0.3 is 0 Å². The lowest BCUT2D eigenvalue weighted by atomic mass is 10.1. The van der Waals surface area contributed by atoms with Crippen molar-refractivity contribution in [3.8, 4) is 11.8 Å². The summed E-state index contributed by atoms with van der Waals surface area (Å²) in [7, 11) is 0. The fourth-order valence-electron chi connectivity index (χ4n) is 2.17. The highest BCUT2D eigenvalue weighted by molar-refractivity contribution is 5.76. The van der Waals surface area contributed by atoms with Crippen LogP contribution in [0.1, 0.15) is 31.2 Å². The molecule has 2 rings (SSSR count). The highest BCUT2D eigenvalue weighted by Gasteiger charge is 2.16. The normalized spacial score (nSPS) is 15.1. The highest BCUT2D eigenvalue weighted by atomic mass is 16.5. The SMILES string of the molecule is N#Cc1ccc(OCCCN2CCCCC2=O)cc1. The molecule has 0 bridgehead atoms. The highest BCUT2D eigenvalue weighted by Crippen LogP contribution is 2.13. The number of nitrogens with zero attached hydrogens (tertiary/aromatic N) is 2. The first-order valence-electron chi connectivity index (χ1n) is 6.70. The van der Waals surface area contributed by atoms with Crippen molar-refractivity contribution in [2.75, 3.05) is 19.7 Å². The molecule has 4 nitrogen and oxygen atoms in total. The second kappa shape index (κ2) is 6.79. The molecule has 1 aliphatic rings. The van der Waals surface area contributed by atoms with Gasteiger partial charge in [0.2, 0.25) is 5.91 Å². The van der Waals surface area contributed by atoms with Gasteiger partial charge < -0.3 is 9.64 Å². The van der Waals surface area contributed by atoms with Crippen LogP contribution in [0.3, 0.4) is 0 Å². The van der Waals surface area contributed by atoms with Gasteiger partial charge in [0.1, 0.15) is 5.75 Å². The Bertz CT molecular complexity index is 462. The Balaban J connectivity index is 1.68. The van der Waals surface area contributed by atoms with Gasteiger partial charge in [-0.3, -0.25) is 4.79 Å². The van der Waals surface area contributed by atoms with Gasteiger partial charge in [0, 0.05) is 19.5 Å². The maximum Gasteiger partial charge on any atom is 0.222 e. The zero-order valence-electron chi connectivity index (χ0n) is 11.0. The van der Waals surface area contributed by atoms with Crippen LogP contribution in [0.2, 0.25) is 0 Å². The molecule has 1 heterocycles. The van der Waals surface area contributed by atoms with E-state index in [9.17, 15) is 4.79 Å². The molecule has 0 aromatic heterocycles. The van der Waals surface area contributed by atoms with Crippen molar-refractivity contribution < 1.29 is 9.53 Å².